The molecule has 1 aliphatic carbocycles. The number of carbonyl (C=O) groups is 3. The van der Waals surface area contributed by atoms with Gasteiger partial charge in [-0.3, -0.25) is 19.2 Å². The predicted octanol–water partition coefficient (Wildman–Crippen LogP) is 1.08. The van der Waals surface area contributed by atoms with Gasteiger partial charge in [0.25, 0.3) is 17.4 Å². The van der Waals surface area contributed by atoms with Crippen LogP contribution in [0.1, 0.15) is 40.5 Å². The van der Waals surface area contributed by atoms with E-state index in [1.165, 1.54) is 11.8 Å². The highest BCUT2D eigenvalue weighted by atomic mass is 32.2. The number of anilines is 1. The average Bonchev–Trinajstić information content (AvgIpc) is 3.29. The number of ether oxygens (including phenoxy) is 1. The molecule has 10 nitrogen and oxygen atoms in total. The van der Waals surface area contributed by atoms with Crippen molar-refractivity contribution in [3.8, 4) is 5.75 Å². The summed E-state index contributed by atoms with van der Waals surface area (Å²) in [6, 6.07) is 5.19. The van der Waals surface area contributed by atoms with Crippen molar-refractivity contribution in [3.05, 3.63) is 45.5 Å². The number of hydrogen-bond acceptors (Lipinski definition) is 7. The number of aromatic amines is 1. The van der Waals surface area contributed by atoms with Gasteiger partial charge in [0.2, 0.25) is 0 Å². The molecule has 2 aromatic rings. The lowest BCUT2D eigenvalue weighted by Crippen LogP contribution is -2.29. The fraction of sp³-hybridized carbons (Fsp3) is 0.350. The molecule has 11 heteroatoms. The van der Waals surface area contributed by atoms with Gasteiger partial charge in [0.1, 0.15) is 10.8 Å². The molecule has 4 N–H and O–H groups in total. The van der Waals surface area contributed by atoms with Crippen LogP contribution in [0.4, 0.5) is 5.69 Å². The van der Waals surface area contributed by atoms with E-state index in [4.69, 9.17) is 4.74 Å². The van der Waals surface area contributed by atoms with Crippen molar-refractivity contribution in [1.29, 1.82) is 0 Å². The number of thioether (sulfide) groups is 1. The standard InChI is InChI=1S/C20H18N4O6S/c25-14-7-30-12-2-1-8(3-11(12)22-14)6-21-18(27)16-23-17(26)15-10-4-9(20(28)29)5-13(10)31-19(15)24-16/h1-3,9-10,13H,4-7H2,(H,21,27)(H,22,25)(H,28,29)(H,23,24,26). The molecule has 31 heavy (non-hydrogen) atoms. The lowest BCUT2D eigenvalue weighted by atomic mass is 9.99. The molecule has 0 radical (unpaired) electrons. The molecular formula is C20H18N4O6S. The Morgan fingerprint density at radius 1 is 1.29 bits per heavy atom. The van der Waals surface area contributed by atoms with Crippen molar-refractivity contribution in [2.75, 3.05) is 11.9 Å². The zero-order valence-corrected chi connectivity index (χ0v) is 17.0. The first-order valence-electron chi connectivity index (χ1n) is 9.76. The smallest absolute Gasteiger partial charge is 0.306 e. The second-order valence-electron chi connectivity index (χ2n) is 7.75. The largest absolute Gasteiger partial charge is 0.482 e. The number of H-pyrrole nitrogens is 1. The summed E-state index contributed by atoms with van der Waals surface area (Å²) >= 11 is 1.38. The molecule has 1 aromatic carbocycles. The average molecular weight is 442 g/mol. The van der Waals surface area contributed by atoms with Gasteiger partial charge in [-0.05, 0) is 30.5 Å². The number of carboxylic acid groups (broad SMARTS) is 1. The van der Waals surface area contributed by atoms with Gasteiger partial charge in [0, 0.05) is 17.7 Å². The van der Waals surface area contributed by atoms with E-state index < -0.39 is 23.4 Å². The van der Waals surface area contributed by atoms with Crippen LogP contribution in [0.25, 0.3) is 0 Å². The van der Waals surface area contributed by atoms with Gasteiger partial charge in [0.05, 0.1) is 17.2 Å². The molecule has 3 aliphatic rings. The molecule has 2 amide bonds. The van der Waals surface area contributed by atoms with E-state index in [2.05, 4.69) is 20.6 Å². The molecular weight excluding hydrogens is 424 g/mol. The summed E-state index contributed by atoms with van der Waals surface area (Å²) in [5.74, 6) is -1.74. The Hall–Kier alpha value is -3.34. The van der Waals surface area contributed by atoms with Crippen LogP contribution in [0.5, 0.6) is 5.75 Å². The highest BCUT2D eigenvalue weighted by molar-refractivity contribution is 8.00. The molecule has 0 spiro atoms. The maximum atomic E-state index is 12.6. The van der Waals surface area contributed by atoms with Gasteiger partial charge in [0.15, 0.2) is 12.4 Å². The molecule has 0 saturated heterocycles. The highest BCUT2D eigenvalue weighted by Crippen LogP contribution is 2.53. The number of amides is 2. The van der Waals surface area contributed by atoms with Gasteiger partial charge in [-0.1, -0.05) is 6.07 Å². The van der Waals surface area contributed by atoms with E-state index in [1.807, 2.05) is 0 Å². The normalized spacial score (nSPS) is 23.2. The number of aliphatic carboxylic acids is 1. The Bertz CT molecular complexity index is 1180. The third-order valence-corrected chi connectivity index (χ3v) is 7.11. The van der Waals surface area contributed by atoms with Gasteiger partial charge in [-0.2, -0.15) is 0 Å². The molecule has 0 bridgehead atoms. The van der Waals surface area contributed by atoms with Crippen LogP contribution in [0.15, 0.2) is 28.0 Å². The Kier molecular flexibility index (Phi) is 4.69. The zero-order chi connectivity index (χ0) is 21.7. The van der Waals surface area contributed by atoms with Crippen molar-refractivity contribution in [2.24, 2.45) is 5.92 Å². The van der Waals surface area contributed by atoms with Gasteiger partial charge in [-0.25, -0.2) is 4.98 Å². The predicted molar refractivity (Wildman–Crippen MR) is 109 cm³/mol. The number of nitrogens with zero attached hydrogens (tertiary/aromatic N) is 1. The maximum absolute atomic E-state index is 12.6. The van der Waals surface area contributed by atoms with Crippen LogP contribution in [0, 0.1) is 5.92 Å². The molecule has 3 unspecified atom stereocenters. The maximum Gasteiger partial charge on any atom is 0.306 e. The first kappa shape index (κ1) is 19.6. The van der Waals surface area contributed by atoms with Crippen LogP contribution in [-0.4, -0.2) is 44.7 Å². The monoisotopic (exact) mass is 442 g/mol. The number of fused-ring (bicyclic) bond motifs is 4. The van der Waals surface area contributed by atoms with E-state index >= 15 is 0 Å². The number of carbonyl (C=O) groups excluding carboxylic acids is 2. The van der Waals surface area contributed by atoms with E-state index in [0.29, 0.717) is 34.9 Å². The van der Waals surface area contributed by atoms with Gasteiger partial charge < -0.3 is 25.5 Å². The fourth-order valence-corrected chi connectivity index (χ4v) is 5.81. The Morgan fingerprint density at radius 2 is 2.13 bits per heavy atom. The number of benzene rings is 1. The number of rotatable bonds is 4. The third-order valence-electron chi connectivity index (χ3n) is 5.75. The van der Waals surface area contributed by atoms with Crippen LogP contribution in [-0.2, 0) is 16.1 Å². The second kappa shape index (κ2) is 7.41. The summed E-state index contributed by atoms with van der Waals surface area (Å²) in [6.07, 6.45) is 0.898. The molecule has 1 aromatic heterocycles. The SMILES string of the molecule is O=C1COc2ccc(CNC(=O)c3nc4c(c(=O)[nH]3)C3CC(C(=O)O)CC3S4)cc2N1. The van der Waals surface area contributed by atoms with Crippen LogP contribution < -0.4 is 20.9 Å². The van der Waals surface area contributed by atoms with Crippen molar-refractivity contribution in [1.82, 2.24) is 15.3 Å². The minimum absolute atomic E-state index is 0.00376. The summed E-state index contributed by atoms with van der Waals surface area (Å²) in [6.45, 7) is 0.137. The van der Waals surface area contributed by atoms with E-state index in [9.17, 15) is 24.3 Å². The van der Waals surface area contributed by atoms with Crippen molar-refractivity contribution < 1.29 is 24.2 Å². The van der Waals surface area contributed by atoms with Crippen molar-refractivity contribution in [3.63, 3.8) is 0 Å². The minimum atomic E-state index is -0.842. The number of carboxylic acids is 1. The van der Waals surface area contributed by atoms with E-state index in [-0.39, 0.29) is 36.1 Å². The first-order valence-corrected chi connectivity index (χ1v) is 10.6. The summed E-state index contributed by atoms with van der Waals surface area (Å²) in [7, 11) is 0. The first-order chi connectivity index (χ1) is 14.9. The summed E-state index contributed by atoms with van der Waals surface area (Å²) in [5.41, 5.74) is 1.37. The molecule has 1 saturated carbocycles. The summed E-state index contributed by atoms with van der Waals surface area (Å²) < 4.78 is 5.31. The number of hydrogen-bond donors (Lipinski definition) is 4. The topological polar surface area (TPSA) is 150 Å². The molecule has 2 aliphatic heterocycles. The molecule has 160 valence electrons. The second-order valence-corrected chi connectivity index (χ2v) is 8.98. The van der Waals surface area contributed by atoms with Gasteiger partial charge >= 0.3 is 5.97 Å². The zero-order valence-electron chi connectivity index (χ0n) is 16.1. The van der Waals surface area contributed by atoms with Crippen LogP contribution >= 0.6 is 11.8 Å². The number of aromatic nitrogens is 2. The summed E-state index contributed by atoms with van der Waals surface area (Å²) in [5, 5.41) is 15.2. The quantitative estimate of drug-likeness (QED) is 0.514. The lowest BCUT2D eigenvalue weighted by Gasteiger charge is -2.18. The Balaban J connectivity index is 1.29. The molecule has 1 fully saturated rings. The highest BCUT2D eigenvalue weighted by Gasteiger charge is 2.46. The molecule has 5 rings (SSSR count). The van der Waals surface area contributed by atoms with E-state index in [0.717, 1.165) is 5.56 Å². The Morgan fingerprint density at radius 3 is 2.94 bits per heavy atom. The lowest BCUT2D eigenvalue weighted by molar-refractivity contribution is -0.141. The van der Waals surface area contributed by atoms with Gasteiger partial charge in [-0.15, -0.1) is 11.8 Å². The number of nitrogens with one attached hydrogen (secondary N) is 3. The fourth-order valence-electron chi connectivity index (χ4n) is 4.27. The van der Waals surface area contributed by atoms with Crippen LogP contribution in [0.3, 0.4) is 0 Å². The van der Waals surface area contributed by atoms with Crippen molar-refractivity contribution in [2.45, 2.75) is 35.6 Å². The van der Waals surface area contributed by atoms with Crippen molar-refractivity contribution >= 4 is 35.2 Å². The summed E-state index contributed by atoms with van der Waals surface area (Å²) in [4.78, 5) is 54.8. The van der Waals surface area contributed by atoms with Crippen LogP contribution in [0.2, 0.25) is 0 Å². The minimum Gasteiger partial charge on any atom is -0.482 e. The Labute approximate surface area is 179 Å². The molecule has 3 atom stereocenters. The third kappa shape index (κ3) is 3.54. The van der Waals surface area contributed by atoms with E-state index in [1.54, 1.807) is 18.2 Å². The molecule has 3 heterocycles.